The lowest BCUT2D eigenvalue weighted by molar-refractivity contribution is -0.150. The first-order valence-electron chi connectivity index (χ1n) is 10.4. The number of piperazine rings is 1. The predicted molar refractivity (Wildman–Crippen MR) is 104 cm³/mol. The second-order valence-electron chi connectivity index (χ2n) is 8.35. The van der Waals surface area contributed by atoms with Crippen LogP contribution in [0.2, 0.25) is 0 Å². The number of nitriles is 1. The number of cyclic esters (lactones) is 1. The molecule has 0 N–H and O–H groups in total. The Balaban J connectivity index is 1.23. The Kier molecular flexibility index (Phi) is 5.36. The third-order valence-electron chi connectivity index (χ3n) is 6.64. The second kappa shape index (κ2) is 7.90. The van der Waals surface area contributed by atoms with Crippen LogP contribution in [0, 0.1) is 16.7 Å². The second-order valence-corrected chi connectivity index (χ2v) is 8.35. The van der Waals surface area contributed by atoms with Crippen LogP contribution in [0.1, 0.15) is 50.5 Å². The standard InChI is InChI=1S/C22H29N3O2/c23-17-18-4-6-19(7-5-18)25-14-12-24(13-15-25)11-8-20-16-22(21(26)27-20)9-2-1-3-10-22/h4-7,20H,1-3,8-16H2/t20-/m0/s1. The average Bonchev–Trinajstić information content (AvgIpc) is 3.02. The summed E-state index contributed by atoms with van der Waals surface area (Å²) in [5.41, 5.74) is 1.76. The molecule has 1 aromatic rings. The number of carbonyl (C=O) groups is 1. The number of nitrogens with zero attached hydrogens (tertiary/aromatic N) is 3. The summed E-state index contributed by atoms with van der Waals surface area (Å²) in [6.45, 7) is 5.08. The minimum Gasteiger partial charge on any atom is -0.462 e. The maximum absolute atomic E-state index is 12.4. The van der Waals surface area contributed by atoms with E-state index in [1.807, 2.05) is 24.3 Å². The van der Waals surface area contributed by atoms with Crippen LogP contribution in [0.15, 0.2) is 24.3 Å². The minimum absolute atomic E-state index is 0.0813. The van der Waals surface area contributed by atoms with Crippen molar-refractivity contribution >= 4 is 11.7 Å². The van der Waals surface area contributed by atoms with Crippen LogP contribution in [0.5, 0.6) is 0 Å². The highest BCUT2D eigenvalue weighted by Gasteiger charge is 2.48. The van der Waals surface area contributed by atoms with Gasteiger partial charge in [-0.05, 0) is 43.5 Å². The molecule has 2 heterocycles. The fourth-order valence-electron chi connectivity index (χ4n) is 4.94. The van der Waals surface area contributed by atoms with E-state index >= 15 is 0 Å². The van der Waals surface area contributed by atoms with Gasteiger partial charge >= 0.3 is 5.97 Å². The van der Waals surface area contributed by atoms with Gasteiger partial charge in [0.05, 0.1) is 17.0 Å². The number of ether oxygens (including phenoxy) is 1. The molecule has 0 aromatic heterocycles. The van der Waals surface area contributed by atoms with Crippen molar-refractivity contribution < 1.29 is 9.53 Å². The molecule has 0 radical (unpaired) electrons. The van der Waals surface area contributed by atoms with Crippen molar-refractivity contribution in [3.05, 3.63) is 29.8 Å². The monoisotopic (exact) mass is 367 g/mol. The van der Waals surface area contributed by atoms with Crippen LogP contribution in [-0.4, -0.2) is 49.7 Å². The summed E-state index contributed by atoms with van der Waals surface area (Å²) in [6.07, 6.45) is 7.72. The molecule has 2 aliphatic heterocycles. The fourth-order valence-corrected chi connectivity index (χ4v) is 4.94. The van der Waals surface area contributed by atoms with Gasteiger partial charge in [-0.1, -0.05) is 19.3 Å². The number of anilines is 1. The van der Waals surface area contributed by atoms with E-state index in [4.69, 9.17) is 10.00 Å². The van der Waals surface area contributed by atoms with Gasteiger partial charge in [0.15, 0.2) is 0 Å². The van der Waals surface area contributed by atoms with Crippen molar-refractivity contribution in [2.45, 2.75) is 51.0 Å². The molecule has 4 rings (SSSR count). The zero-order valence-corrected chi connectivity index (χ0v) is 16.0. The Morgan fingerprint density at radius 2 is 1.78 bits per heavy atom. The molecule has 1 aliphatic carbocycles. The quantitative estimate of drug-likeness (QED) is 0.764. The molecule has 1 atom stereocenters. The number of esters is 1. The first-order chi connectivity index (χ1) is 13.2. The van der Waals surface area contributed by atoms with Crippen LogP contribution in [0.3, 0.4) is 0 Å². The number of hydrogen-bond donors (Lipinski definition) is 0. The van der Waals surface area contributed by atoms with E-state index in [9.17, 15) is 4.79 Å². The average molecular weight is 367 g/mol. The lowest BCUT2D eigenvalue weighted by Crippen LogP contribution is -2.47. The Morgan fingerprint density at radius 1 is 1.07 bits per heavy atom. The molecule has 27 heavy (non-hydrogen) atoms. The normalized spacial score (nSPS) is 25.4. The zero-order valence-electron chi connectivity index (χ0n) is 16.0. The Labute approximate surface area is 161 Å². The van der Waals surface area contributed by atoms with Crippen LogP contribution >= 0.6 is 0 Å². The lowest BCUT2D eigenvalue weighted by Gasteiger charge is -2.36. The molecule has 5 nitrogen and oxygen atoms in total. The van der Waals surface area contributed by atoms with Crippen LogP contribution in [0.25, 0.3) is 0 Å². The molecule has 1 spiro atoms. The first-order valence-corrected chi connectivity index (χ1v) is 10.4. The highest BCUT2D eigenvalue weighted by molar-refractivity contribution is 5.79. The summed E-state index contributed by atoms with van der Waals surface area (Å²) in [5.74, 6) is 0.0813. The van der Waals surface area contributed by atoms with Gasteiger partial charge < -0.3 is 9.64 Å². The number of carbonyl (C=O) groups excluding carboxylic acids is 1. The van der Waals surface area contributed by atoms with Crippen molar-refractivity contribution in [1.29, 1.82) is 5.26 Å². The van der Waals surface area contributed by atoms with Gasteiger partial charge in [0, 0.05) is 44.8 Å². The van der Waals surface area contributed by atoms with Crippen LogP contribution in [0.4, 0.5) is 5.69 Å². The van der Waals surface area contributed by atoms with E-state index in [-0.39, 0.29) is 17.5 Å². The number of benzene rings is 1. The SMILES string of the molecule is N#Cc1ccc(N2CCN(CC[C@H]3CC4(CCCCC4)C(=O)O3)CC2)cc1. The largest absolute Gasteiger partial charge is 0.462 e. The predicted octanol–water partition coefficient (Wildman–Crippen LogP) is 3.34. The third kappa shape index (κ3) is 3.96. The van der Waals surface area contributed by atoms with Gasteiger partial charge in [0.1, 0.15) is 6.10 Å². The molecule has 1 saturated carbocycles. The zero-order chi connectivity index (χ0) is 18.7. The van der Waals surface area contributed by atoms with Crippen molar-refractivity contribution in [3.8, 4) is 6.07 Å². The van der Waals surface area contributed by atoms with E-state index in [1.54, 1.807) is 0 Å². The molecule has 0 bridgehead atoms. The summed E-state index contributed by atoms with van der Waals surface area (Å²) >= 11 is 0. The summed E-state index contributed by atoms with van der Waals surface area (Å²) in [7, 11) is 0. The molecule has 0 unspecified atom stereocenters. The van der Waals surface area contributed by atoms with Crippen molar-refractivity contribution in [1.82, 2.24) is 4.90 Å². The molecule has 0 amide bonds. The van der Waals surface area contributed by atoms with Gasteiger partial charge in [-0.3, -0.25) is 9.69 Å². The van der Waals surface area contributed by atoms with Crippen molar-refractivity contribution in [2.75, 3.05) is 37.6 Å². The molecule has 144 valence electrons. The molecule has 3 fully saturated rings. The topological polar surface area (TPSA) is 56.6 Å². The molecule has 1 aromatic carbocycles. The van der Waals surface area contributed by atoms with E-state index < -0.39 is 0 Å². The summed E-state index contributed by atoms with van der Waals surface area (Å²) < 4.78 is 5.76. The van der Waals surface area contributed by atoms with Gasteiger partial charge in [-0.25, -0.2) is 0 Å². The summed E-state index contributed by atoms with van der Waals surface area (Å²) in [4.78, 5) is 17.3. The highest BCUT2D eigenvalue weighted by Crippen LogP contribution is 2.46. The van der Waals surface area contributed by atoms with Crippen molar-refractivity contribution in [2.24, 2.45) is 5.41 Å². The lowest BCUT2D eigenvalue weighted by atomic mass is 9.72. The van der Waals surface area contributed by atoms with Crippen LogP contribution in [-0.2, 0) is 9.53 Å². The fraction of sp³-hybridized carbons (Fsp3) is 0.636. The smallest absolute Gasteiger partial charge is 0.312 e. The molecule has 5 heteroatoms. The van der Waals surface area contributed by atoms with E-state index in [1.165, 1.54) is 24.9 Å². The molecule has 3 aliphatic rings. The molecule has 2 saturated heterocycles. The van der Waals surface area contributed by atoms with Crippen molar-refractivity contribution in [3.63, 3.8) is 0 Å². The maximum atomic E-state index is 12.4. The highest BCUT2D eigenvalue weighted by atomic mass is 16.6. The van der Waals surface area contributed by atoms with Gasteiger partial charge in [0.2, 0.25) is 0 Å². The summed E-state index contributed by atoms with van der Waals surface area (Å²) in [5, 5.41) is 8.92. The number of rotatable bonds is 4. The Bertz CT molecular complexity index is 695. The molecular formula is C22H29N3O2. The van der Waals surface area contributed by atoms with Gasteiger partial charge in [0.25, 0.3) is 0 Å². The molecular weight excluding hydrogens is 338 g/mol. The Hall–Kier alpha value is -2.06. The minimum atomic E-state index is -0.142. The van der Waals surface area contributed by atoms with E-state index in [0.29, 0.717) is 5.56 Å². The Morgan fingerprint density at radius 3 is 2.44 bits per heavy atom. The van der Waals surface area contributed by atoms with Crippen LogP contribution < -0.4 is 4.90 Å². The first kappa shape index (κ1) is 18.3. The van der Waals surface area contributed by atoms with Gasteiger partial charge in [-0.2, -0.15) is 5.26 Å². The maximum Gasteiger partial charge on any atom is 0.312 e. The summed E-state index contributed by atoms with van der Waals surface area (Å²) in [6, 6.07) is 10.0. The van der Waals surface area contributed by atoms with Gasteiger partial charge in [-0.15, -0.1) is 0 Å². The van der Waals surface area contributed by atoms with E-state index in [0.717, 1.165) is 58.4 Å². The number of hydrogen-bond acceptors (Lipinski definition) is 5. The van der Waals surface area contributed by atoms with E-state index in [2.05, 4.69) is 15.9 Å². The third-order valence-corrected chi connectivity index (χ3v) is 6.64.